The molecule has 4 nitrogen and oxygen atoms in total. The smallest absolute Gasteiger partial charge is 0.118 e. The molecule has 2 atom stereocenters. The summed E-state index contributed by atoms with van der Waals surface area (Å²) in [6, 6.07) is 3.66. The number of furan rings is 1. The zero-order chi connectivity index (χ0) is 13.4. The van der Waals surface area contributed by atoms with Gasteiger partial charge in [0, 0.05) is 37.3 Å². The Labute approximate surface area is 115 Å². The monoisotopic (exact) mass is 263 g/mol. The lowest BCUT2D eigenvalue weighted by atomic mass is 10.1. The van der Waals surface area contributed by atoms with Gasteiger partial charge in [-0.05, 0) is 39.3 Å². The van der Waals surface area contributed by atoms with E-state index in [2.05, 4.69) is 22.9 Å². The Hall–Kier alpha value is -0.840. The Morgan fingerprint density at radius 2 is 2.11 bits per heavy atom. The summed E-state index contributed by atoms with van der Waals surface area (Å²) in [6.07, 6.45) is 4.02. The van der Waals surface area contributed by atoms with Crippen LogP contribution in [0.4, 0.5) is 0 Å². The number of fused-ring (bicyclic) bond motifs is 2. The summed E-state index contributed by atoms with van der Waals surface area (Å²) in [7, 11) is 2.29. The van der Waals surface area contributed by atoms with Crippen molar-refractivity contribution >= 4 is 0 Å². The van der Waals surface area contributed by atoms with Crippen molar-refractivity contribution in [1.29, 1.82) is 0 Å². The Balaban J connectivity index is 1.66. The predicted molar refractivity (Wildman–Crippen MR) is 75.8 cm³/mol. The molecule has 0 radical (unpaired) electrons. The topological polar surface area (TPSA) is 45.6 Å². The number of likely N-dealkylation sites (tertiary alicyclic amines) is 1. The Morgan fingerprint density at radius 1 is 1.32 bits per heavy atom. The highest BCUT2D eigenvalue weighted by Crippen LogP contribution is 2.29. The first-order valence-electron chi connectivity index (χ1n) is 7.40. The highest BCUT2D eigenvalue weighted by Gasteiger charge is 2.34. The largest absolute Gasteiger partial charge is 0.465 e. The van der Waals surface area contributed by atoms with Gasteiger partial charge in [-0.15, -0.1) is 0 Å². The molecule has 2 saturated heterocycles. The summed E-state index contributed by atoms with van der Waals surface area (Å²) >= 11 is 0. The third kappa shape index (κ3) is 2.57. The maximum Gasteiger partial charge on any atom is 0.118 e. The quantitative estimate of drug-likeness (QED) is 0.902. The second-order valence-electron chi connectivity index (χ2n) is 6.07. The van der Waals surface area contributed by atoms with E-state index in [-0.39, 0.29) is 0 Å². The predicted octanol–water partition coefficient (Wildman–Crippen LogP) is 1.72. The normalized spacial score (nSPS) is 28.8. The van der Waals surface area contributed by atoms with Crippen LogP contribution in [0.5, 0.6) is 0 Å². The summed E-state index contributed by atoms with van der Waals surface area (Å²) in [5.41, 5.74) is 6.85. The minimum atomic E-state index is 0.572. The Morgan fingerprint density at radius 3 is 2.84 bits per heavy atom. The van der Waals surface area contributed by atoms with E-state index in [1.54, 1.807) is 0 Å². The van der Waals surface area contributed by atoms with Crippen LogP contribution in [0.25, 0.3) is 0 Å². The van der Waals surface area contributed by atoms with Crippen LogP contribution in [0.3, 0.4) is 0 Å². The van der Waals surface area contributed by atoms with Gasteiger partial charge in [0.25, 0.3) is 0 Å². The van der Waals surface area contributed by atoms with E-state index in [1.807, 2.05) is 6.92 Å². The molecule has 0 amide bonds. The van der Waals surface area contributed by atoms with Gasteiger partial charge in [-0.25, -0.2) is 0 Å². The van der Waals surface area contributed by atoms with Crippen molar-refractivity contribution in [3.63, 3.8) is 0 Å². The molecule has 1 aromatic rings. The average molecular weight is 263 g/mol. The fourth-order valence-electron chi connectivity index (χ4n) is 3.61. The molecular formula is C15H25N3O. The minimum Gasteiger partial charge on any atom is -0.465 e. The number of hydrogen-bond donors (Lipinski definition) is 1. The molecule has 2 unspecified atom stereocenters. The standard InChI is InChI=1S/C15H25N3O/c1-11-12(8-16)7-15(19-11)10-18-6-5-13-3-4-14(9-18)17(13)2/h7,13-14H,3-6,8-10,16H2,1-2H3. The summed E-state index contributed by atoms with van der Waals surface area (Å²) in [4.78, 5) is 5.12. The lowest BCUT2D eigenvalue weighted by molar-refractivity contribution is 0.204. The summed E-state index contributed by atoms with van der Waals surface area (Å²) in [6.45, 7) is 5.86. The molecule has 2 fully saturated rings. The van der Waals surface area contributed by atoms with Gasteiger partial charge in [0.2, 0.25) is 0 Å². The molecule has 0 saturated carbocycles. The van der Waals surface area contributed by atoms with Crippen LogP contribution >= 0.6 is 0 Å². The highest BCUT2D eigenvalue weighted by atomic mass is 16.3. The van der Waals surface area contributed by atoms with Crippen LogP contribution < -0.4 is 5.73 Å². The number of hydrogen-bond acceptors (Lipinski definition) is 4. The fourth-order valence-corrected chi connectivity index (χ4v) is 3.61. The number of nitrogens with zero attached hydrogens (tertiary/aromatic N) is 2. The fraction of sp³-hybridized carbons (Fsp3) is 0.733. The molecule has 2 aliphatic heterocycles. The maximum atomic E-state index is 5.82. The molecule has 0 spiro atoms. The molecule has 106 valence electrons. The molecule has 2 N–H and O–H groups in total. The van der Waals surface area contributed by atoms with Crippen LogP contribution in [0.2, 0.25) is 0 Å². The first-order chi connectivity index (χ1) is 9.17. The van der Waals surface area contributed by atoms with E-state index in [4.69, 9.17) is 10.2 Å². The van der Waals surface area contributed by atoms with Crippen LogP contribution in [0.1, 0.15) is 36.3 Å². The molecule has 1 aromatic heterocycles. The van der Waals surface area contributed by atoms with Gasteiger partial charge in [0.05, 0.1) is 6.54 Å². The first kappa shape index (κ1) is 13.2. The van der Waals surface area contributed by atoms with Crippen molar-refractivity contribution in [1.82, 2.24) is 9.80 Å². The minimum absolute atomic E-state index is 0.572. The third-order valence-corrected chi connectivity index (χ3v) is 4.90. The molecule has 3 heterocycles. The van der Waals surface area contributed by atoms with E-state index >= 15 is 0 Å². The van der Waals surface area contributed by atoms with Crippen molar-refractivity contribution in [3.8, 4) is 0 Å². The molecule has 3 rings (SSSR count). The van der Waals surface area contributed by atoms with Crippen molar-refractivity contribution in [3.05, 3.63) is 23.2 Å². The van der Waals surface area contributed by atoms with E-state index in [9.17, 15) is 0 Å². The highest BCUT2D eigenvalue weighted by molar-refractivity contribution is 5.20. The van der Waals surface area contributed by atoms with Crippen molar-refractivity contribution in [2.75, 3.05) is 20.1 Å². The second-order valence-corrected chi connectivity index (χ2v) is 6.07. The molecule has 0 aromatic carbocycles. The number of rotatable bonds is 3. The van der Waals surface area contributed by atoms with Crippen LogP contribution in [-0.2, 0) is 13.1 Å². The molecule has 2 bridgehead atoms. The number of nitrogens with two attached hydrogens (primary N) is 1. The maximum absolute atomic E-state index is 5.82. The SMILES string of the molecule is Cc1oc(CN2CCC3CCC(C2)N3C)cc1CN. The molecule has 19 heavy (non-hydrogen) atoms. The van der Waals surface area contributed by atoms with Gasteiger partial charge in [0.15, 0.2) is 0 Å². The molecule has 4 heteroatoms. The Kier molecular flexibility index (Phi) is 3.65. The van der Waals surface area contributed by atoms with E-state index in [0.717, 1.165) is 35.7 Å². The van der Waals surface area contributed by atoms with Crippen LogP contribution in [0, 0.1) is 6.92 Å². The van der Waals surface area contributed by atoms with Gasteiger partial charge >= 0.3 is 0 Å². The van der Waals surface area contributed by atoms with E-state index in [0.29, 0.717) is 6.54 Å². The zero-order valence-corrected chi connectivity index (χ0v) is 12.1. The zero-order valence-electron chi connectivity index (χ0n) is 12.1. The summed E-state index contributed by atoms with van der Waals surface area (Å²) in [5.74, 6) is 2.05. The number of aryl methyl sites for hydroxylation is 1. The van der Waals surface area contributed by atoms with E-state index < -0.39 is 0 Å². The van der Waals surface area contributed by atoms with Crippen molar-refractivity contribution in [2.45, 2.75) is 51.4 Å². The van der Waals surface area contributed by atoms with Gasteiger partial charge < -0.3 is 10.2 Å². The van der Waals surface area contributed by atoms with Gasteiger partial charge in [-0.3, -0.25) is 9.80 Å². The van der Waals surface area contributed by atoms with Crippen LogP contribution in [-0.4, -0.2) is 42.0 Å². The Bertz CT molecular complexity index is 443. The average Bonchev–Trinajstić information content (AvgIpc) is 2.84. The summed E-state index contributed by atoms with van der Waals surface area (Å²) in [5, 5.41) is 0. The van der Waals surface area contributed by atoms with E-state index in [1.165, 1.54) is 32.4 Å². The second kappa shape index (κ2) is 5.27. The third-order valence-electron chi connectivity index (χ3n) is 4.90. The molecule has 2 aliphatic rings. The van der Waals surface area contributed by atoms with Gasteiger partial charge in [-0.2, -0.15) is 0 Å². The van der Waals surface area contributed by atoms with Gasteiger partial charge in [-0.1, -0.05) is 0 Å². The lowest BCUT2D eigenvalue weighted by Gasteiger charge is -2.24. The van der Waals surface area contributed by atoms with Gasteiger partial charge in [0.1, 0.15) is 11.5 Å². The summed E-state index contributed by atoms with van der Waals surface area (Å²) < 4.78 is 5.82. The van der Waals surface area contributed by atoms with Crippen LogP contribution in [0.15, 0.2) is 10.5 Å². The first-order valence-corrected chi connectivity index (χ1v) is 7.40. The lowest BCUT2D eigenvalue weighted by Crippen LogP contribution is -2.36. The number of likely N-dealkylation sites (N-methyl/N-ethyl adjacent to an activating group) is 1. The van der Waals surface area contributed by atoms with Crippen molar-refractivity contribution in [2.24, 2.45) is 5.73 Å². The van der Waals surface area contributed by atoms with Crippen molar-refractivity contribution < 1.29 is 4.42 Å². The molecule has 0 aliphatic carbocycles. The molecular weight excluding hydrogens is 238 g/mol.